The number of thiazole rings is 1. The van der Waals surface area contributed by atoms with Gasteiger partial charge in [-0.2, -0.15) is 0 Å². The molecule has 0 spiro atoms. The third-order valence-electron chi connectivity index (χ3n) is 5.11. The van der Waals surface area contributed by atoms with E-state index in [2.05, 4.69) is 9.97 Å². The van der Waals surface area contributed by atoms with E-state index in [4.69, 9.17) is 0 Å². The van der Waals surface area contributed by atoms with Crippen molar-refractivity contribution >= 4 is 28.2 Å². The average Bonchev–Trinajstić information content (AvgIpc) is 3.24. The van der Waals surface area contributed by atoms with E-state index in [0.29, 0.717) is 6.42 Å². The summed E-state index contributed by atoms with van der Waals surface area (Å²) in [5, 5.41) is 14.1. The molecular formula is C18H18N2O2S. The van der Waals surface area contributed by atoms with Crippen LogP contribution in [0.4, 0.5) is 0 Å². The van der Waals surface area contributed by atoms with Crippen LogP contribution < -0.4 is 0 Å². The van der Waals surface area contributed by atoms with Gasteiger partial charge in [-0.25, -0.2) is 4.98 Å². The Morgan fingerprint density at radius 1 is 1.35 bits per heavy atom. The van der Waals surface area contributed by atoms with Crippen molar-refractivity contribution in [2.24, 2.45) is 0 Å². The maximum absolute atomic E-state index is 12.5. The molecular weight excluding hydrogens is 308 g/mol. The van der Waals surface area contributed by atoms with Crippen LogP contribution in [0.5, 0.6) is 0 Å². The monoisotopic (exact) mass is 326 g/mol. The second kappa shape index (κ2) is 5.49. The van der Waals surface area contributed by atoms with Crippen molar-refractivity contribution in [3.63, 3.8) is 0 Å². The van der Waals surface area contributed by atoms with E-state index >= 15 is 0 Å². The highest BCUT2D eigenvalue weighted by Gasteiger charge is 2.51. The van der Waals surface area contributed by atoms with E-state index in [-0.39, 0.29) is 5.92 Å². The van der Waals surface area contributed by atoms with E-state index in [9.17, 15) is 9.90 Å². The summed E-state index contributed by atoms with van der Waals surface area (Å²) in [4.78, 5) is 20.2. The molecule has 4 rings (SSSR count). The van der Waals surface area contributed by atoms with Gasteiger partial charge in [0.25, 0.3) is 0 Å². The fraction of sp³-hybridized carbons (Fsp3) is 0.333. The quantitative estimate of drug-likeness (QED) is 0.754. The first-order valence-corrected chi connectivity index (χ1v) is 8.81. The molecule has 2 unspecified atom stereocenters. The molecule has 0 bridgehead atoms. The van der Waals surface area contributed by atoms with Crippen LogP contribution in [0.15, 0.2) is 42.0 Å². The molecule has 0 amide bonds. The highest BCUT2D eigenvalue weighted by molar-refractivity contribution is 7.09. The van der Waals surface area contributed by atoms with Gasteiger partial charge in [-0.3, -0.25) is 4.79 Å². The zero-order valence-electron chi connectivity index (χ0n) is 12.7. The number of aliphatic carboxylic acids is 1. The van der Waals surface area contributed by atoms with Crippen LogP contribution in [0.2, 0.25) is 0 Å². The fourth-order valence-corrected chi connectivity index (χ4v) is 4.91. The highest BCUT2D eigenvalue weighted by atomic mass is 32.1. The SMILES string of the molecule is O=C(O)C1(c2c[nH]c3ccccc23)CCCCC1c1nccs1. The van der Waals surface area contributed by atoms with Crippen molar-refractivity contribution in [1.82, 2.24) is 9.97 Å². The Bertz CT molecular complexity index is 840. The van der Waals surface area contributed by atoms with Crippen LogP contribution in [0.3, 0.4) is 0 Å². The lowest BCUT2D eigenvalue weighted by molar-refractivity contribution is -0.146. The Kier molecular flexibility index (Phi) is 3.45. The summed E-state index contributed by atoms with van der Waals surface area (Å²) in [6.07, 6.45) is 7.20. The number of aromatic nitrogens is 2. The standard InChI is InChI=1S/C18H18N2O2S/c21-17(22)18(14-11-20-15-7-2-1-5-12(14)15)8-4-3-6-13(18)16-19-9-10-23-16/h1-2,5,7,9-11,13,20H,3-4,6,8H2,(H,21,22). The molecule has 2 aromatic heterocycles. The number of para-hydroxylation sites is 1. The first kappa shape index (κ1) is 14.5. The molecule has 0 saturated heterocycles. The predicted molar refractivity (Wildman–Crippen MR) is 90.9 cm³/mol. The van der Waals surface area contributed by atoms with Gasteiger partial charge in [-0.15, -0.1) is 11.3 Å². The molecule has 1 aliphatic carbocycles. The third-order valence-corrected chi connectivity index (χ3v) is 6.00. The van der Waals surface area contributed by atoms with Gasteiger partial charge in [0.1, 0.15) is 5.41 Å². The minimum Gasteiger partial charge on any atom is -0.481 e. The van der Waals surface area contributed by atoms with E-state index in [1.54, 1.807) is 17.5 Å². The zero-order chi connectivity index (χ0) is 15.9. The number of carboxylic acids is 1. The first-order valence-electron chi connectivity index (χ1n) is 7.93. The third kappa shape index (κ3) is 2.10. The summed E-state index contributed by atoms with van der Waals surface area (Å²) >= 11 is 1.57. The zero-order valence-corrected chi connectivity index (χ0v) is 13.5. The van der Waals surface area contributed by atoms with Crippen LogP contribution >= 0.6 is 11.3 Å². The van der Waals surface area contributed by atoms with Gasteiger partial charge in [0.05, 0.1) is 5.01 Å². The Hall–Kier alpha value is -2.14. The van der Waals surface area contributed by atoms with Gasteiger partial charge in [0.2, 0.25) is 0 Å². The predicted octanol–water partition coefficient (Wildman–Crippen LogP) is 4.30. The highest BCUT2D eigenvalue weighted by Crippen LogP contribution is 2.51. The molecule has 118 valence electrons. The molecule has 5 heteroatoms. The lowest BCUT2D eigenvalue weighted by atomic mass is 9.62. The van der Waals surface area contributed by atoms with Gasteiger partial charge >= 0.3 is 5.97 Å². The Morgan fingerprint density at radius 2 is 2.22 bits per heavy atom. The van der Waals surface area contributed by atoms with Crippen LogP contribution in [-0.2, 0) is 10.2 Å². The van der Waals surface area contributed by atoms with E-state index in [0.717, 1.165) is 40.7 Å². The number of hydrogen-bond acceptors (Lipinski definition) is 3. The first-order chi connectivity index (χ1) is 11.2. The lowest BCUT2D eigenvalue weighted by Crippen LogP contribution is -2.43. The van der Waals surface area contributed by atoms with Crippen molar-refractivity contribution < 1.29 is 9.90 Å². The summed E-state index contributed by atoms with van der Waals surface area (Å²) in [7, 11) is 0. The van der Waals surface area contributed by atoms with E-state index in [1.807, 2.05) is 35.8 Å². The largest absolute Gasteiger partial charge is 0.481 e. The fourth-order valence-electron chi connectivity index (χ4n) is 4.05. The topological polar surface area (TPSA) is 66.0 Å². The Balaban J connectivity index is 1.96. The molecule has 4 nitrogen and oxygen atoms in total. The number of carboxylic acid groups (broad SMARTS) is 1. The molecule has 23 heavy (non-hydrogen) atoms. The summed E-state index contributed by atoms with van der Waals surface area (Å²) in [5.74, 6) is -0.796. The van der Waals surface area contributed by atoms with Gasteiger partial charge in [-0.05, 0) is 24.5 Å². The Labute approximate surface area is 138 Å². The molecule has 1 aromatic carbocycles. The second-order valence-corrected chi connectivity index (χ2v) is 7.12. The number of hydrogen-bond donors (Lipinski definition) is 2. The van der Waals surface area contributed by atoms with E-state index in [1.165, 1.54) is 0 Å². The van der Waals surface area contributed by atoms with Crippen LogP contribution in [-0.4, -0.2) is 21.0 Å². The minimum absolute atomic E-state index is 0.0621. The molecule has 2 atom stereocenters. The molecule has 0 radical (unpaired) electrons. The van der Waals surface area contributed by atoms with Gasteiger partial charge in [0, 0.05) is 34.6 Å². The lowest BCUT2D eigenvalue weighted by Gasteiger charge is -2.40. The molecule has 0 aliphatic heterocycles. The summed E-state index contributed by atoms with van der Waals surface area (Å²) in [6.45, 7) is 0. The number of rotatable bonds is 3. The van der Waals surface area contributed by atoms with Gasteiger partial charge < -0.3 is 10.1 Å². The maximum atomic E-state index is 12.5. The number of benzene rings is 1. The van der Waals surface area contributed by atoms with Gasteiger partial charge in [0.15, 0.2) is 0 Å². The van der Waals surface area contributed by atoms with Crippen molar-refractivity contribution in [3.05, 3.63) is 52.6 Å². The number of H-pyrrole nitrogens is 1. The van der Waals surface area contributed by atoms with Gasteiger partial charge in [-0.1, -0.05) is 31.0 Å². The van der Waals surface area contributed by atoms with Crippen molar-refractivity contribution in [3.8, 4) is 0 Å². The molecule has 1 saturated carbocycles. The normalized spacial score (nSPS) is 24.8. The van der Waals surface area contributed by atoms with Crippen LogP contribution in [0.1, 0.15) is 42.2 Å². The minimum atomic E-state index is -0.893. The van der Waals surface area contributed by atoms with E-state index < -0.39 is 11.4 Å². The average molecular weight is 326 g/mol. The number of carbonyl (C=O) groups is 1. The number of aromatic amines is 1. The second-order valence-electron chi connectivity index (χ2n) is 6.19. The molecule has 1 aliphatic rings. The van der Waals surface area contributed by atoms with Crippen molar-refractivity contribution in [2.45, 2.75) is 37.0 Å². The number of nitrogens with zero attached hydrogens (tertiary/aromatic N) is 1. The molecule has 3 aromatic rings. The van der Waals surface area contributed by atoms with Crippen molar-refractivity contribution in [1.29, 1.82) is 0 Å². The summed E-state index contributed by atoms with van der Waals surface area (Å²) in [5.41, 5.74) is 1.00. The maximum Gasteiger partial charge on any atom is 0.314 e. The summed E-state index contributed by atoms with van der Waals surface area (Å²) in [6, 6.07) is 7.95. The van der Waals surface area contributed by atoms with Crippen LogP contribution in [0, 0.1) is 0 Å². The summed E-state index contributed by atoms with van der Waals surface area (Å²) < 4.78 is 0. The van der Waals surface area contributed by atoms with Crippen LogP contribution in [0.25, 0.3) is 10.9 Å². The van der Waals surface area contributed by atoms with Crippen molar-refractivity contribution in [2.75, 3.05) is 0 Å². The number of nitrogens with one attached hydrogen (secondary N) is 1. The Morgan fingerprint density at radius 3 is 3.00 bits per heavy atom. The molecule has 1 fully saturated rings. The number of fused-ring (bicyclic) bond motifs is 1. The molecule has 2 N–H and O–H groups in total. The smallest absolute Gasteiger partial charge is 0.314 e. The molecule has 2 heterocycles.